The number of carbonyl (C=O) groups excluding carboxylic acids is 5. The van der Waals surface area contributed by atoms with Crippen LogP contribution in [0.25, 0.3) is 0 Å². The Morgan fingerprint density at radius 2 is 0.820 bits per heavy atom. The van der Waals surface area contributed by atoms with Gasteiger partial charge in [0.2, 0.25) is 43.7 Å². The summed E-state index contributed by atoms with van der Waals surface area (Å²) >= 11 is 0. The van der Waals surface area contributed by atoms with E-state index in [2.05, 4.69) is 42.4 Å². The minimum Gasteiger partial charge on any atom is -0.450 e. The molecule has 0 radical (unpaired) electrons. The predicted octanol–water partition coefficient (Wildman–Crippen LogP) is 2.34. The Morgan fingerprint density at radius 3 is 0.980 bits per heavy atom. The van der Waals surface area contributed by atoms with Gasteiger partial charge < -0.3 is 32.6 Å². The summed E-state index contributed by atoms with van der Waals surface area (Å²) in [6, 6.07) is 27.5. The van der Waals surface area contributed by atoms with Crippen molar-refractivity contribution in [2.24, 2.45) is 22.3 Å². The maximum atomic E-state index is 10.7. The lowest BCUT2D eigenvalue weighted by molar-refractivity contribution is -0.116. The number of carbonyl (C=O) groups is 5. The quantitative estimate of drug-likeness (QED) is 0.200. The SMILES string of the molecule is CC(=O)Nc1ccccc1.CC(=O)Nc1ccccc1.CC(N)=O.CC(N)=O.CCOC(N)=O.CS(=O)(=O)Nc1ccccc1.CS(N)(=O)=O. The van der Waals surface area contributed by atoms with Gasteiger partial charge in [-0.05, 0) is 43.3 Å². The van der Waals surface area contributed by atoms with Crippen molar-refractivity contribution in [3.05, 3.63) is 91.0 Å². The summed E-state index contributed by atoms with van der Waals surface area (Å²) in [4.78, 5) is 49.0. The zero-order valence-electron chi connectivity index (χ0n) is 29.1. The highest BCUT2D eigenvalue weighted by atomic mass is 32.2. The van der Waals surface area contributed by atoms with Gasteiger partial charge in [-0.3, -0.25) is 23.9 Å². The molecule has 280 valence electrons. The number of nitrogens with two attached hydrogens (primary N) is 4. The third-order valence-corrected chi connectivity index (χ3v) is 4.16. The molecular weight excluding hydrogens is 695 g/mol. The van der Waals surface area contributed by atoms with Crippen molar-refractivity contribution in [1.29, 1.82) is 0 Å². The van der Waals surface area contributed by atoms with Crippen LogP contribution in [0, 0.1) is 0 Å². The van der Waals surface area contributed by atoms with Gasteiger partial charge in [0.05, 0.1) is 19.1 Å². The third-order valence-electron chi connectivity index (χ3n) is 3.55. The first-order chi connectivity index (χ1) is 22.9. The number of primary sulfonamides is 1. The predicted molar refractivity (Wildman–Crippen MR) is 196 cm³/mol. The lowest BCUT2D eigenvalue weighted by Gasteiger charge is -2.00. The largest absolute Gasteiger partial charge is 0.450 e. The summed E-state index contributed by atoms with van der Waals surface area (Å²) in [6.07, 6.45) is 1.35. The van der Waals surface area contributed by atoms with Gasteiger partial charge in [0.1, 0.15) is 0 Å². The summed E-state index contributed by atoms with van der Waals surface area (Å²) < 4.78 is 46.7. The standard InChI is InChI=1S/2C8H9NO.C7H9NO2S.C3H7NO2.2C2H5NO.CH5NO2S/c2*1-7(10)9-8-5-3-2-4-6-8;1-11(9,10)8-7-5-3-2-4-6-7;1-2-6-3(4)5;2*1-2(3)4;1-5(2,3)4/h2*2-6H,1H3,(H,9,10);2-6,8H,1H3;2H2,1H3,(H2,4,5);2*1H3,(H2,3,4);1H3,(H2,2,3,4). The highest BCUT2D eigenvalue weighted by Gasteiger charge is 1.98. The fraction of sp³-hybridized carbons (Fsp3) is 0.258. The molecule has 0 saturated heterocycles. The highest BCUT2D eigenvalue weighted by Crippen LogP contribution is 2.06. The van der Waals surface area contributed by atoms with Crippen LogP contribution in [0.2, 0.25) is 0 Å². The van der Waals surface area contributed by atoms with E-state index in [0.29, 0.717) is 12.3 Å². The maximum absolute atomic E-state index is 10.7. The molecule has 0 atom stereocenters. The molecule has 0 spiro atoms. The van der Waals surface area contributed by atoms with Crippen LogP contribution in [0.1, 0.15) is 34.6 Å². The first kappa shape index (κ1) is 51.3. The summed E-state index contributed by atoms with van der Waals surface area (Å²) in [5, 5.41) is 9.66. The van der Waals surface area contributed by atoms with Crippen molar-refractivity contribution in [3.63, 3.8) is 0 Å². The topological polar surface area (TPSA) is 303 Å². The summed E-state index contributed by atoms with van der Waals surface area (Å²) in [5.41, 5.74) is 15.8. The van der Waals surface area contributed by atoms with Gasteiger partial charge in [-0.2, -0.15) is 0 Å². The van der Waals surface area contributed by atoms with Crippen molar-refractivity contribution in [1.82, 2.24) is 0 Å². The number of anilines is 3. The number of amides is 5. The second kappa shape index (κ2) is 30.8. The second-order valence-electron chi connectivity index (χ2n) is 9.14. The molecule has 3 aromatic carbocycles. The van der Waals surface area contributed by atoms with Crippen LogP contribution in [0.3, 0.4) is 0 Å². The average molecular weight is 744 g/mol. The molecule has 0 unspecified atom stereocenters. The van der Waals surface area contributed by atoms with Crippen molar-refractivity contribution in [3.8, 4) is 0 Å². The van der Waals surface area contributed by atoms with Crippen molar-refractivity contribution < 1.29 is 45.5 Å². The number of hydrogen-bond acceptors (Lipinski definition) is 10. The van der Waals surface area contributed by atoms with Crippen LogP contribution in [0.5, 0.6) is 0 Å². The summed E-state index contributed by atoms with van der Waals surface area (Å²) in [7, 11) is -6.29. The summed E-state index contributed by atoms with van der Waals surface area (Å²) in [6.45, 7) is 7.65. The zero-order valence-corrected chi connectivity index (χ0v) is 30.7. The number of benzene rings is 3. The van der Waals surface area contributed by atoms with Gasteiger partial charge in [0.15, 0.2) is 0 Å². The van der Waals surface area contributed by atoms with Gasteiger partial charge in [0.25, 0.3) is 0 Å². The molecule has 11 N–H and O–H groups in total. The monoisotopic (exact) mass is 743 g/mol. The van der Waals surface area contributed by atoms with E-state index in [1.165, 1.54) is 27.7 Å². The number of rotatable bonds is 5. The molecule has 0 bridgehead atoms. The van der Waals surface area contributed by atoms with Gasteiger partial charge in [-0.1, -0.05) is 54.6 Å². The molecule has 0 aromatic heterocycles. The molecule has 0 aliphatic rings. The van der Waals surface area contributed by atoms with E-state index in [9.17, 15) is 40.8 Å². The van der Waals surface area contributed by atoms with Gasteiger partial charge in [0, 0.05) is 44.8 Å². The van der Waals surface area contributed by atoms with Crippen LogP contribution < -0.4 is 37.7 Å². The van der Waals surface area contributed by atoms with E-state index in [-0.39, 0.29) is 23.6 Å². The van der Waals surface area contributed by atoms with Crippen LogP contribution >= 0.6 is 0 Å². The number of para-hydroxylation sites is 3. The second-order valence-corrected chi connectivity index (χ2v) is 12.5. The first-order valence-corrected chi connectivity index (χ1v) is 17.8. The summed E-state index contributed by atoms with van der Waals surface area (Å²) in [5.74, 6) is -0.739. The Kier molecular flexibility index (Phi) is 31.6. The molecule has 0 saturated carbocycles. The molecule has 0 heterocycles. The Hall–Kier alpha value is -5.53. The molecule has 0 aliphatic carbocycles. The van der Waals surface area contributed by atoms with E-state index in [1.54, 1.807) is 31.2 Å². The van der Waals surface area contributed by atoms with Gasteiger partial charge in [-0.25, -0.2) is 26.8 Å². The van der Waals surface area contributed by atoms with E-state index in [4.69, 9.17) is 0 Å². The van der Waals surface area contributed by atoms with E-state index < -0.39 is 26.1 Å². The van der Waals surface area contributed by atoms with E-state index in [0.717, 1.165) is 23.9 Å². The lowest BCUT2D eigenvalue weighted by Crippen LogP contribution is -2.11. The molecule has 0 aliphatic heterocycles. The van der Waals surface area contributed by atoms with Crippen LogP contribution in [-0.2, 0) is 44.0 Å². The maximum Gasteiger partial charge on any atom is 0.404 e. The zero-order chi connectivity index (χ0) is 39.8. The molecule has 5 amide bonds. The third kappa shape index (κ3) is 61.5. The number of ether oxygens (including phenoxy) is 1. The normalized spacial score (nSPS) is 9.04. The Labute approximate surface area is 294 Å². The fourth-order valence-corrected chi connectivity index (χ4v) is 2.88. The van der Waals surface area contributed by atoms with Crippen LogP contribution in [0.15, 0.2) is 91.0 Å². The van der Waals surface area contributed by atoms with Gasteiger partial charge >= 0.3 is 6.09 Å². The van der Waals surface area contributed by atoms with Crippen molar-refractivity contribution in [2.45, 2.75) is 34.6 Å². The van der Waals surface area contributed by atoms with Crippen LogP contribution in [-0.4, -0.2) is 65.7 Å². The molecule has 50 heavy (non-hydrogen) atoms. The molecule has 3 aromatic rings. The van der Waals surface area contributed by atoms with E-state index in [1.807, 2.05) is 66.7 Å². The molecule has 19 heteroatoms. The lowest BCUT2D eigenvalue weighted by atomic mass is 10.3. The number of hydrogen-bond donors (Lipinski definition) is 7. The van der Waals surface area contributed by atoms with Crippen LogP contribution in [0.4, 0.5) is 21.9 Å². The highest BCUT2D eigenvalue weighted by molar-refractivity contribution is 7.92. The Balaban J connectivity index is -0.000000256. The molecule has 0 fully saturated rings. The molecular formula is C31H49N7O10S2. The number of primary amides is 3. The van der Waals surface area contributed by atoms with Crippen molar-refractivity contribution >= 4 is 66.8 Å². The molecule has 17 nitrogen and oxygen atoms in total. The number of sulfonamides is 2. The molecule has 3 rings (SSSR count). The smallest absolute Gasteiger partial charge is 0.404 e. The van der Waals surface area contributed by atoms with Gasteiger partial charge in [-0.15, -0.1) is 0 Å². The minimum atomic E-state index is -3.17. The average Bonchev–Trinajstić information content (AvgIpc) is 2.93. The fourth-order valence-electron chi connectivity index (χ4n) is 2.31. The minimum absolute atomic E-state index is 0.0359. The Bertz CT molecular complexity index is 1510. The number of nitrogens with one attached hydrogen (secondary N) is 3. The first-order valence-electron chi connectivity index (χ1n) is 14.0. The Morgan fingerprint density at radius 1 is 0.580 bits per heavy atom. The van der Waals surface area contributed by atoms with E-state index >= 15 is 0 Å². The van der Waals surface area contributed by atoms with Crippen molar-refractivity contribution in [2.75, 3.05) is 34.5 Å².